The van der Waals surface area contributed by atoms with Crippen molar-refractivity contribution in [1.29, 1.82) is 0 Å². The molecule has 0 fully saturated rings. The Morgan fingerprint density at radius 1 is 1.14 bits per heavy atom. The summed E-state index contributed by atoms with van der Waals surface area (Å²) in [5.41, 5.74) is -0.606. The van der Waals surface area contributed by atoms with Crippen LogP contribution in [0, 0.1) is 0 Å². The third kappa shape index (κ3) is 3.41. The van der Waals surface area contributed by atoms with Crippen LogP contribution in [0.3, 0.4) is 0 Å². The van der Waals surface area contributed by atoms with E-state index in [0.29, 0.717) is 5.69 Å². The molecule has 1 aromatic heterocycles. The monoisotopic (exact) mass is 402 g/mol. The van der Waals surface area contributed by atoms with E-state index in [4.69, 9.17) is 0 Å². The van der Waals surface area contributed by atoms with Gasteiger partial charge in [0.25, 0.3) is 21.5 Å². The average molecular weight is 402 g/mol. The Kier molecular flexibility index (Phi) is 5.06. The minimum atomic E-state index is -4.13. The molecule has 0 saturated carbocycles. The first-order chi connectivity index (χ1) is 13.3. The molecule has 0 bridgehead atoms. The van der Waals surface area contributed by atoms with Crippen molar-refractivity contribution in [3.8, 4) is 0 Å². The van der Waals surface area contributed by atoms with Gasteiger partial charge in [0.2, 0.25) is 0 Å². The van der Waals surface area contributed by atoms with Crippen LogP contribution in [0.4, 0.5) is 5.69 Å². The normalized spacial score (nSPS) is 11.4. The summed E-state index contributed by atoms with van der Waals surface area (Å²) >= 11 is 0. The van der Waals surface area contributed by atoms with Crippen LogP contribution in [0.1, 0.15) is 17.3 Å². The van der Waals surface area contributed by atoms with E-state index in [9.17, 15) is 22.8 Å². The van der Waals surface area contributed by atoms with Gasteiger partial charge < -0.3 is 10.3 Å². The second kappa shape index (κ2) is 7.31. The number of hydrogen-bond acceptors (Lipinski definition) is 6. The lowest BCUT2D eigenvalue weighted by Gasteiger charge is -2.11. The number of anilines is 1. The van der Waals surface area contributed by atoms with Crippen molar-refractivity contribution in [2.45, 2.75) is 18.4 Å². The second-order valence-electron chi connectivity index (χ2n) is 5.92. The third-order valence-electron chi connectivity index (χ3n) is 4.23. The zero-order valence-electron chi connectivity index (χ0n) is 15.1. The molecule has 0 aliphatic rings. The molecule has 2 aromatic carbocycles. The minimum Gasteiger partial charge on any atom is -0.387 e. The summed E-state index contributed by atoms with van der Waals surface area (Å²) in [6.07, 6.45) is 0. The smallest absolute Gasteiger partial charge is 0.328 e. The number of nitrogens with zero attached hydrogens (tertiary/aromatic N) is 1. The summed E-state index contributed by atoms with van der Waals surface area (Å²) in [6.45, 7) is 1.87. The molecule has 0 spiro atoms. The van der Waals surface area contributed by atoms with Gasteiger partial charge in [0.05, 0.1) is 16.6 Å². The number of amides is 1. The van der Waals surface area contributed by atoms with Gasteiger partial charge in [0.1, 0.15) is 4.90 Å². The molecule has 0 saturated heterocycles. The van der Waals surface area contributed by atoms with E-state index >= 15 is 0 Å². The molecule has 9 nitrogen and oxygen atoms in total. The van der Waals surface area contributed by atoms with Crippen LogP contribution in [-0.4, -0.2) is 30.9 Å². The quantitative estimate of drug-likeness (QED) is 0.581. The Bertz CT molecular complexity index is 1290. The Morgan fingerprint density at radius 2 is 1.86 bits per heavy atom. The average Bonchev–Trinajstić information content (AvgIpc) is 2.67. The van der Waals surface area contributed by atoms with Crippen molar-refractivity contribution in [2.24, 2.45) is 0 Å². The van der Waals surface area contributed by atoms with Gasteiger partial charge in [0, 0.05) is 19.2 Å². The fraction of sp³-hybridized carbons (Fsp3) is 0.167. The maximum Gasteiger partial charge on any atom is 0.328 e. The predicted molar refractivity (Wildman–Crippen MR) is 105 cm³/mol. The summed E-state index contributed by atoms with van der Waals surface area (Å²) in [5.74, 6) is -0.881. The standard InChI is InChI=1S/C18H18N4O5S/c1-3-22-17(24)12-9-8-11(10-14(12)20-18(22)25)16(23)21-28(26,27)15-7-5-4-6-13(15)19-2/h4-10,19H,3H2,1-2H3,(H,20,25)(H,21,23). The van der Waals surface area contributed by atoms with E-state index in [1.807, 2.05) is 4.72 Å². The minimum absolute atomic E-state index is 0.0117. The van der Waals surface area contributed by atoms with E-state index in [1.54, 1.807) is 32.2 Å². The zero-order valence-corrected chi connectivity index (χ0v) is 16.0. The van der Waals surface area contributed by atoms with Crippen LogP contribution >= 0.6 is 0 Å². The summed E-state index contributed by atoms with van der Waals surface area (Å²) in [5, 5.41) is 2.98. The molecule has 3 aromatic rings. The van der Waals surface area contributed by atoms with Crippen molar-refractivity contribution in [2.75, 3.05) is 12.4 Å². The fourth-order valence-electron chi connectivity index (χ4n) is 2.83. The lowest BCUT2D eigenvalue weighted by atomic mass is 10.1. The van der Waals surface area contributed by atoms with Crippen LogP contribution in [0.25, 0.3) is 10.9 Å². The largest absolute Gasteiger partial charge is 0.387 e. The Balaban J connectivity index is 2.00. The molecule has 10 heteroatoms. The number of carbonyl (C=O) groups is 1. The summed E-state index contributed by atoms with van der Waals surface area (Å²) in [4.78, 5) is 39.2. The molecule has 1 heterocycles. The molecular formula is C18H18N4O5S. The van der Waals surface area contributed by atoms with Gasteiger partial charge in [-0.3, -0.25) is 14.2 Å². The van der Waals surface area contributed by atoms with Crippen LogP contribution in [0.5, 0.6) is 0 Å². The van der Waals surface area contributed by atoms with Crippen molar-refractivity contribution in [3.63, 3.8) is 0 Å². The van der Waals surface area contributed by atoms with Gasteiger partial charge in [-0.15, -0.1) is 0 Å². The molecule has 0 unspecified atom stereocenters. The van der Waals surface area contributed by atoms with Crippen LogP contribution in [0.2, 0.25) is 0 Å². The molecule has 146 valence electrons. The van der Waals surface area contributed by atoms with Gasteiger partial charge in [0.15, 0.2) is 0 Å². The number of para-hydroxylation sites is 1. The van der Waals surface area contributed by atoms with Gasteiger partial charge in [-0.2, -0.15) is 0 Å². The molecule has 3 N–H and O–H groups in total. The van der Waals surface area contributed by atoms with Crippen LogP contribution in [-0.2, 0) is 16.6 Å². The molecule has 0 atom stereocenters. The number of carbonyl (C=O) groups excluding carboxylic acids is 1. The Labute approximate surface area is 160 Å². The van der Waals surface area contributed by atoms with Gasteiger partial charge in [-0.25, -0.2) is 17.9 Å². The first-order valence-electron chi connectivity index (χ1n) is 8.39. The summed E-state index contributed by atoms with van der Waals surface area (Å²) in [7, 11) is -2.56. The van der Waals surface area contributed by atoms with Crippen LogP contribution in [0.15, 0.2) is 56.9 Å². The van der Waals surface area contributed by atoms with Crippen molar-refractivity contribution < 1.29 is 13.2 Å². The van der Waals surface area contributed by atoms with Crippen molar-refractivity contribution >= 4 is 32.5 Å². The van der Waals surface area contributed by atoms with E-state index in [-0.39, 0.29) is 27.9 Å². The molecule has 1 amide bonds. The number of hydrogen-bond donors (Lipinski definition) is 3. The topological polar surface area (TPSA) is 130 Å². The predicted octanol–water partition coefficient (Wildman–Crippen LogP) is 0.870. The molecule has 0 aliphatic heterocycles. The van der Waals surface area contributed by atoms with Gasteiger partial charge >= 0.3 is 5.69 Å². The lowest BCUT2D eigenvalue weighted by molar-refractivity contribution is 0.0981. The SMILES string of the molecule is CCn1c(=O)[nH]c2cc(C(=O)NS(=O)(=O)c3ccccc3NC)ccc2c1=O. The van der Waals surface area contributed by atoms with Gasteiger partial charge in [-0.05, 0) is 37.3 Å². The maximum absolute atomic E-state index is 12.6. The fourth-order valence-corrected chi connectivity index (χ4v) is 4.02. The van der Waals surface area contributed by atoms with Crippen LogP contribution < -0.4 is 21.3 Å². The van der Waals surface area contributed by atoms with Crippen molar-refractivity contribution in [1.82, 2.24) is 14.3 Å². The Morgan fingerprint density at radius 3 is 2.54 bits per heavy atom. The highest BCUT2D eigenvalue weighted by Gasteiger charge is 2.22. The summed E-state index contributed by atoms with van der Waals surface area (Å²) < 4.78 is 28.2. The molecule has 3 rings (SSSR count). The van der Waals surface area contributed by atoms with E-state index < -0.39 is 27.2 Å². The number of benzene rings is 2. The highest BCUT2D eigenvalue weighted by Crippen LogP contribution is 2.20. The number of aromatic amines is 1. The molecule has 0 radical (unpaired) electrons. The lowest BCUT2D eigenvalue weighted by Crippen LogP contribution is -2.34. The summed E-state index contributed by atoms with van der Waals surface area (Å²) in [6, 6.07) is 10.1. The number of nitrogens with one attached hydrogen (secondary N) is 3. The first-order valence-corrected chi connectivity index (χ1v) is 9.87. The number of rotatable bonds is 5. The number of aromatic nitrogens is 2. The molecule has 28 heavy (non-hydrogen) atoms. The maximum atomic E-state index is 12.6. The van der Waals surface area contributed by atoms with Gasteiger partial charge in [-0.1, -0.05) is 12.1 Å². The number of fused-ring (bicyclic) bond motifs is 1. The third-order valence-corrected chi connectivity index (χ3v) is 5.62. The van der Waals surface area contributed by atoms with E-state index in [0.717, 1.165) is 4.57 Å². The van der Waals surface area contributed by atoms with Crippen molar-refractivity contribution in [3.05, 3.63) is 68.9 Å². The first kappa shape index (κ1) is 19.4. The molecule has 0 aliphatic carbocycles. The Hall–Kier alpha value is -3.40. The molecular weight excluding hydrogens is 384 g/mol. The number of H-pyrrole nitrogens is 1. The highest BCUT2D eigenvalue weighted by molar-refractivity contribution is 7.90. The van der Waals surface area contributed by atoms with E-state index in [2.05, 4.69) is 10.3 Å². The highest BCUT2D eigenvalue weighted by atomic mass is 32.2. The second-order valence-corrected chi connectivity index (χ2v) is 7.57. The number of sulfonamides is 1. The van der Waals surface area contributed by atoms with E-state index in [1.165, 1.54) is 24.3 Å². The zero-order chi connectivity index (χ0) is 20.5.